The van der Waals surface area contributed by atoms with Crippen LogP contribution in [0.4, 0.5) is 0 Å². The van der Waals surface area contributed by atoms with Crippen LogP contribution in [-0.4, -0.2) is 14.2 Å². The highest BCUT2D eigenvalue weighted by Gasteiger charge is 2.28. The van der Waals surface area contributed by atoms with Crippen molar-refractivity contribution < 1.29 is 5.11 Å². The first kappa shape index (κ1) is 23.6. The van der Waals surface area contributed by atoms with Gasteiger partial charge in [-0.05, 0) is 94.7 Å². The average molecular weight is 435 g/mol. The standard InChI is InChI=1S/C27H34N2O3/c1-17-10-8-12-22(19(17)3)14-15-27(6,7)29-25(31)16-24(30)28(26(29)32)21(5)23-13-9-11-18(2)20(23)4/h8-13,16,21,30H,14-15H2,1-7H3. The molecule has 0 saturated heterocycles. The highest BCUT2D eigenvalue weighted by atomic mass is 16.3. The third-order valence-electron chi connectivity index (χ3n) is 6.93. The molecular weight excluding hydrogens is 400 g/mol. The van der Waals surface area contributed by atoms with Crippen LogP contribution < -0.4 is 11.2 Å². The normalized spacial score (nSPS) is 12.7. The minimum atomic E-state index is -0.721. The summed E-state index contributed by atoms with van der Waals surface area (Å²) < 4.78 is 2.61. The Bertz CT molecular complexity index is 1260. The molecule has 170 valence electrons. The lowest BCUT2D eigenvalue weighted by atomic mass is 9.92. The lowest BCUT2D eigenvalue weighted by molar-refractivity contribution is 0.282. The molecule has 0 aliphatic rings. The van der Waals surface area contributed by atoms with E-state index in [4.69, 9.17) is 0 Å². The van der Waals surface area contributed by atoms with Crippen LogP contribution in [0.3, 0.4) is 0 Å². The molecule has 0 aliphatic carbocycles. The number of hydrogen-bond donors (Lipinski definition) is 1. The Kier molecular flexibility index (Phi) is 6.49. The van der Waals surface area contributed by atoms with Crippen LogP contribution in [0.1, 0.15) is 66.6 Å². The number of aromatic nitrogens is 2. The molecule has 5 nitrogen and oxygen atoms in total. The molecule has 2 aromatic carbocycles. The van der Waals surface area contributed by atoms with Gasteiger partial charge in [-0.15, -0.1) is 0 Å². The van der Waals surface area contributed by atoms with Crippen molar-refractivity contribution in [1.29, 1.82) is 0 Å². The molecule has 0 aliphatic heterocycles. The fourth-order valence-corrected chi connectivity index (χ4v) is 4.47. The molecule has 1 unspecified atom stereocenters. The molecule has 0 amide bonds. The van der Waals surface area contributed by atoms with Gasteiger partial charge in [-0.25, -0.2) is 4.79 Å². The van der Waals surface area contributed by atoms with E-state index in [9.17, 15) is 14.7 Å². The van der Waals surface area contributed by atoms with Gasteiger partial charge in [0.05, 0.1) is 12.1 Å². The maximum absolute atomic E-state index is 13.6. The van der Waals surface area contributed by atoms with Gasteiger partial charge in [-0.2, -0.15) is 0 Å². The highest BCUT2D eigenvalue weighted by molar-refractivity contribution is 5.36. The molecule has 0 bridgehead atoms. The van der Waals surface area contributed by atoms with Crippen molar-refractivity contribution in [2.75, 3.05) is 0 Å². The van der Waals surface area contributed by atoms with E-state index >= 15 is 0 Å². The SMILES string of the molecule is Cc1cccc(CCC(C)(C)n2c(=O)cc(O)n(C(C)c3cccc(C)c3C)c2=O)c1C. The zero-order valence-electron chi connectivity index (χ0n) is 20.2. The third kappa shape index (κ3) is 4.29. The van der Waals surface area contributed by atoms with Crippen LogP contribution in [0.2, 0.25) is 0 Å². The van der Waals surface area contributed by atoms with Crippen molar-refractivity contribution in [3.05, 3.63) is 96.7 Å². The minimum absolute atomic E-state index is 0.310. The van der Waals surface area contributed by atoms with Gasteiger partial charge in [0.25, 0.3) is 5.56 Å². The molecule has 1 N–H and O–H groups in total. The van der Waals surface area contributed by atoms with Gasteiger partial charge in [0.15, 0.2) is 0 Å². The molecule has 5 heteroatoms. The molecule has 3 aromatic rings. The molecular formula is C27H34N2O3. The fraction of sp³-hybridized carbons (Fsp3) is 0.407. The average Bonchev–Trinajstić information content (AvgIpc) is 2.70. The second-order valence-electron chi connectivity index (χ2n) is 9.47. The summed E-state index contributed by atoms with van der Waals surface area (Å²) in [6, 6.07) is 12.9. The Hall–Kier alpha value is -3.08. The molecule has 0 saturated carbocycles. The zero-order chi connectivity index (χ0) is 23.8. The van der Waals surface area contributed by atoms with Crippen LogP contribution in [0.5, 0.6) is 5.88 Å². The first-order chi connectivity index (χ1) is 15.0. The Morgan fingerprint density at radius 3 is 2.19 bits per heavy atom. The maximum atomic E-state index is 13.6. The largest absolute Gasteiger partial charge is 0.494 e. The van der Waals surface area contributed by atoms with Crippen molar-refractivity contribution in [3.63, 3.8) is 0 Å². The van der Waals surface area contributed by atoms with Crippen molar-refractivity contribution in [3.8, 4) is 5.88 Å². The van der Waals surface area contributed by atoms with E-state index in [2.05, 4.69) is 26.0 Å². The van der Waals surface area contributed by atoms with Gasteiger partial charge < -0.3 is 5.11 Å². The summed E-state index contributed by atoms with van der Waals surface area (Å²) in [5.41, 5.74) is 5.12. The van der Waals surface area contributed by atoms with Crippen LogP contribution in [-0.2, 0) is 12.0 Å². The van der Waals surface area contributed by atoms with Gasteiger partial charge >= 0.3 is 5.69 Å². The predicted octanol–water partition coefficient (Wildman–Crippen LogP) is 4.93. The van der Waals surface area contributed by atoms with E-state index in [1.165, 1.54) is 25.8 Å². The predicted molar refractivity (Wildman–Crippen MR) is 130 cm³/mol. The topological polar surface area (TPSA) is 64.2 Å². The molecule has 1 atom stereocenters. The number of hydrogen-bond acceptors (Lipinski definition) is 3. The van der Waals surface area contributed by atoms with Gasteiger partial charge in [-0.1, -0.05) is 36.4 Å². The molecule has 1 aromatic heterocycles. The van der Waals surface area contributed by atoms with Gasteiger partial charge in [0, 0.05) is 5.54 Å². The molecule has 0 spiro atoms. The summed E-state index contributed by atoms with van der Waals surface area (Å²) in [5.74, 6) is -0.310. The number of rotatable bonds is 6. The summed E-state index contributed by atoms with van der Waals surface area (Å²) in [7, 11) is 0. The van der Waals surface area contributed by atoms with Crippen molar-refractivity contribution in [2.45, 2.75) is 72.9 Å². The summed E-state index contributed by atoms with van der Waals surface area (Å²) in [6.07, 6.45) is 1.37. The lowest BCUT2D eigenvalue weighted by Crippen LogP contribution is -2.49. The summed E-state index contributed by atoms with van der Waals surface area (Å²) in [4.78, 5) is 26.4. The quantitative estimate of drug-likeness (QED) is 0.598. The van der Waals surface area contributed by atoms with Gasteiger partial charge in [0.2, 0.25) is 5.88 Å². The maximum Gasteiger partial charge on any atom is 0.334 e. The second kappa shape index (κ2) is 8.81. The monoisotopic (exact) mass is 434 g/mol. The number of benzene rings is 2. The van der Waals surface area contributed by atoms with Crippen LogP contribution in [0.15, 0.2) is 52.1 Å². The third-order valence-corrected chi connectivity index (χ3v) is 6.93. The number of nitrogens with zero attached hydrogens (tertiary/aromatic N) is 2. The van der Waals surface area contributed by atoms with E-state index in [0.29, 0.717) is 6.42 Å². The zero-order valence-corrected chi connectivity index (χ0v) is 20.2. The number of aromatic hydroxyl groups is 1. The molecule has 32 heavy (non-hydrogen) atoms. The molecule has 1 heterocycles. The van der Waals surface area contributed by atoms with Crippen LogP contribution >= 0.6 is 0 Å². The Morgan fingerprint density at radius 1 is 0.938 bits per heavy atom. The van der Waals surface area contributed by atoms with E-state index < -0.39 is 22.8 Å². The highest BCUT2D eigenvalue weighted by Crippen LogP contribution is 2.27. The Morgan fingerprint density at radius 2 is 1.53 bits per heavy atom. The van der Waals surface area contributed by atoms with E-state index in [1.54, 1.807) is 0 Å². The van der Waals surface area contributed by atoms with Gasteiger partial charge in [0.1, 0.15) is 0 Å². The summed E-state index contributed by atoms with van der Waals surface area (Å²) >= 11 is 0. The second-order valence-corrected chi connectivity index (χ2v) is 9.47. The van der Waals surface area contributed by atoms with Crippen LogP contribution in [0, 0.1) is 27.7 Å². The van der Waals surface area contributed by atoms with E-state index in [0.717, 1.165) is 29.2 Å². The first-order valence-corrected chi connectivity index (χ1v) is 11.1. The Balaban J connectivity index is 2.05. The van der Waals surface area contributed by atoms with E-state index in [1.807, 2.05) is 58.9 Å². The van der Waals surface area contributed by atoms with Crippen LogP contribution in [0.25, 0.3) is 0 Å². The Labute approximate surface area is 190 Å². The first-order valence-electron chi connectivity index (χ1n) is 11.1. The summed E-state index contributed by atoms with van der Waals surface area (Å²) in [6.45, 7) is 13.9. The lowest BCUT2D eigenvalue weighted by Gasteiger charge is -2.29. The molecule has 3 rings (SSSR count). The molecule has 0 radical (unpaired) electrons. The fourth-order valence-electron chi connectivity index (χ4n) is 4.47. The van der Waals surface area contributed by atoms with Gasteiger partial charge in [-0.3, -0.25) is 13.9 Å². The minimum Gasteiger partial charge on any atom is -0.494 e. The number of aryl methyl sites for hydroxylation is 3. The smallest absolute Gasteiger partial charge is 0.334 e. The molecule has 0 fully saturated rings. The van der Waals surface area contributed by atoms with E-state index in [-0.39, 0.29) is 5.88 Å². The van der Waals surface area contributed by atoms with Crippen molar-refractivity contribution in [1.82, 2.24) is 9.13 Å². The van der Waals surface area contributed by atoms with Crippen molar-refractivity contribution in [2.24, 2.45) is 0 Å². The van der Waals surface area contributed by atoms with Crippen molar-refractivity contribution >= 4 is 0 Å². The summed E-state index contributed by atoms with van der Waals surface area (Å²) in [5, 5.41) is 10.6.